The van der Waals surface area contributed by atoms with E-state index < -0.39 is 40.8 Å². The highest BCUT2D eigenvalue weighted by atomic mass is 16.6. The van der Waals surface area contributed by atoms with Gasteiger partial charge in [0.05, 0.1) is 22.5 Å². The summed E-state index contributed by atoms with van der Waals surface area (Å²) in [6.45, 7) is 28.4. The predicted octanol–water partition coefficient (Wildman–Crippen LogP) is 9.69. The maximum Gasteiger partial charge on any atom is 0.407 e. The second-order valence-electron chi connectivity index (χ2n) is 15.0. The standard InChI is InChI=1S/C43H55N3O6/c1-28(2)32-16-13-19-35(22-32)41(7,8)44-38(47)50-25-31(26-51-39(48)45-42(9,10)36-20-14-17-33(23-36)29(3)4)27-52-40(49)46-43(11,12)37-21-15-18-34(24-37)30(5)6/h13-24,31H,1,3,5,25-27H2,2,4,6-12H3,(H,44,47)(H,45,48)(H,46,49). The summed E-state index contributed by atoms with van der Waals surface area (Å²) in [6.07, 6.45) is -2.04. The number of carbonyl (C=O) groups excluding carboxylic acids is 3. The smallest absolute Gasteiger partial charge is 0.407 e. The maximum absolute atomic E-state index is 13.1. The first-order chi connectivity index (χ1) is 24.2. The number of carbonyl (C=O) groups is 3. The Labute approximate surface area is 309 Å². The van der Waals surface area contributed by atoms with Gasteiger partial charge in [-0.3, -0.25) is 0 Å². The minimum absolute atomic E-state index is 0.192. The number of nitrogens with one attached hydrogen (secondary N) is 3. The van der Waals surface area contributed by atoms with E-state index in [0.29, 0.717) is 0 Å². The van der Waals surface area contributed by atoms with Crippen LogP contribution < -0.4 is 16.0 Å². The van der Waals surface area contributed by atoms with Gasteiger partial charge >= 0.3 is 18.3 Å². The van der Waals surface area contributed by atoms with Crippen LogP contribution >= 0.6 is 0 Å². The molecule has 3 amide bonds. The molecule has 0 saturated carbocycles. The SMILES string of the molecule is C=C(C)c1cccc(C(C)(C)NC(=O)OCC(COC(=O)NC(C)(C)c2cccc(C(=C)C)c2)COC(=O)NC(C)(C)c2cccc(C(=C)C)c2)c1. The van der Waals surface area contributed by atoms with E-state index in [2.05, 4.69) is 35.7 Å². The molecule has 3 aromatic rings. The van der Waals surface area contributed by atoms with Crippen molar-refractivity contribution in [3.63, 3.8) is 0 Å². The fourth-order valence-electron chi connectivity index (χ4n) is 5.34. The summed E-state index contributed by atoms with van der Waals surface area (Å²) in [5.41, 5.74) is 5.90. The lowest BCUT2D eigenvalue weighted by molar-refractivity contribution is 0.0449. The molecule has 0 aliphatic carbocycles. The molecule has 0 fully saturated rings. The Bertz CT molecular complexity index is 1600. The molecule has 0 radical (unpaired) electrons. The molecule has 0 aliphatic heterocycles. The number of hydrogen-bond acceptors (Lipinski definition) is 6. The molecule has 0 aliphatic rings. The second kappa shape index (κ2) is 17.3. The van der Waals surface area contributed by atoms with Crippen LogP contribution in [0.1, 0.15) is 95.7 Å². The van der Waals surface area contributed by atoms with Gasteiger partial charge < -0.3 is 30.2 Å². The molecule has 52 heavy (non-hydrogen) atoms. The van der Waals surface area contributed by atoms with E-state index in [1.807, 2.05) is 135 Å². The van der Waals surface area contributed by atoms with Crippen molar-refractivity contribution in [1.82, 2.24) is 16.0 Å². The molecular weight excluding hydrogens is 654 g/mol. The fourth-order valence-corrected chi connectivity index (χ4v) is 5.34. The van der Waals surface area contributed by atoms with E-state index in [4.69, 9.17) is 14.2 Å². The van der Waals surface area contributed by atoms with Crippen LogP contribution in [0.3, 0.4) is 0 Å². The van der Waals surface area contributed by atoms with Gasteiger partial charge in [0.25, 0.3) is 0 Å². The van der Waals surface area contributed by atoms with Gasteiger partial charge in [0, 0.05) is 0 Å². The number of ether oxygens (including phenoxy) is 3. The van der Waals surface area contributed by atoms with E-state index in [9.17, 15) is 14.4 Å². The lowest BCUT2D eigenvalue weighted by atomic mass is 9.92. The first-order valence-electron chi connectivity index (χ1n) is 17.3. The van der Waals surface area contributed by atoms with Crippen LogP contribution in [0.15, 0.2) is 92.5 Å². The zero-order valence-electron chi connectivity index (χ0n) is 32.2. The number of amides is 3. The average Bonchev–Trinajstić information content (AvgIpc) is 3.07. The molecule has 0 saturated heterocycles. The monoisotopic (exact) mass is 709 g/mol. The lowest BCUT2D eigenvalue weighted by Gasteiger charge is -2.29. The zero-order valence-corrected chi connectivity index (χ0v) is 32.2. The summed E-state index contributed by atoms with van der Waals surface area (Å²) in [5, 5.41) is 8.71. The van der Waals surface area contributed by atoms with E-state index in [1.54, 1.807) is 0 Å². The van der Waals surface area contributed by atoms with Crippen molar-refractivity contribution >= 4 is 35.0 Å². The van der Waals surface area contributed by atoms with Crippen molar-refractivity contribution in [1.29, 1.82) is 0 Å². The fraction of sp³-hybridized carbons (Fsp3) is 0.372. The number of hydrogen-bond donors (Lipinski definition) is 3. The highest BCUT2D eigenvalue weighted by Gasteiger charge is 2.29. The van der Waals surface area contributed by atoms with Gasteiger partial charge in [-0.15, -0.1) is 0 Å². The van der Waals surface area contributed by atoms with Crippen LogP contribution in [-0.4, -0.2) is 38.1 Å². The molecule has 0 bridgehead atoms. The van der Waals surface area contributed by atoms with Crippen molar-refractivity contribution in [3.8, 4) is 0 Å². The highest BCUT2D eigenvalue weighted by Crippen LogP contribution is 2.26. The van der Waals surface area contributed by atoms with Crippen LogP contribution in [0, 0.1) is 5.92 Å². The lowest BCUT2D eigenvalue weighted by Crippen LogP contribution is -2.44. The summed E-state index contributed by atoms with van der Waals surface area (Å²) in [6, 6.07) is 23.3. The largest absolute Gasteiger partial charge is 0.449 e. The molecule has 0 spiro atoms. The molecule has 9 heteroatoms. The van der Waals surface area contributed by atoms with E-state index in [-0.39, 0.29) is 19.8 Å². The van der Waals surface area contributed by atoms with Crippen molar-refractivity contribution in [2.24, 2.45) is 5.92 Å². The van der Waals surface area contributed by atoms with Crippen molar-refractivity contribution in [2.45, 2.75) is 78.9 Å². The van der Waals surface area contributed by atoms with Gasteiger partial charge in [-0.1, -0.05) is 91.1 Å². The first-order valence-corrected chi connectivity index (χ1v) is 17.3. The van der Waals surface area contributed by atoms with Crippen LogP contribution in [0.25, 0.3) is 16.7 Å². The van der Waals surface area contributed by atoms with Crippen molar-refractivity contribution in [3.05, 3.63) is 126 Å². The molecule has 3 rings (SSSR count). The molecular formula is C43H55N3O6. The van der Waals surface area contributed by atoms with E-state index in [0.717, 1.165) is 50.1 Å². The third kappa shape index (κ3) is 11.9. The Kier molecular flexibility index (Phi) is 13.7. The third-order valence-corrected chi connectivity index (χ3v) is 8.83. The van der Waals surface area contributed by atoms with Crippen LogP contribution in [0.4, 0.5) is 14.4 Å². The quantitative estimate of drug-likeness (QED) is 0.135. The van der Waals surface area contributed by atoms with Gasteiger partial charge in [0.15, 0.2) is 0 Å². The van der Waals surface area contributed by atoms with E-state index >= 15 is 0 Å². The third-order valence-electron chi connectivity index (χ3n) is 8.83. The number of benzene rings is 3. The van der Waals surface area contributed by atoms with Gasteiger partial charge in [0.2, 0.25) is 0 Å². The van der Waals surface area contributed by atoms with Crippen LogP contribution in [0.2, 0.25) is 0 Å². The molecule has 3 N–H and O–H groups in total. The Morgan fingerprint density at radius 3 is 1.00 bits per heavy atom. The molecule has 0 heterocycles. The van der Waals surface area contributed by atoms with Gasteiger partial charge in [0.1, 0.15) is 19.8 Å². The second-order valence-corrected chi connectivity index (χ2v) is 15.0. The topological polar surface area (TPSA) is 115 Å². The normalized spacial score (nSPS) is 11.7. The summed E-state index contributed by atoms with van der Waals surface area (Å²) in [4.78, 5) is 39.2. The summed E-state index contributed by atoms with van der Waals surface area (Å²) in [7, 11) is 0. The first kappa shape index (κ1) is 41.1. The highest BCUT2D eigenvalue weighted by molar-refractivity contribution is 5.71. The van der Waals surface area contributed by atoms with Gasteiger partial charge in [-0.05, 0) is 114 Å². The number of rotatable bonds is 15. The summed E-state index contributed by atoms with van der Waals surface area (Å²) in [5.74, 6) is -0.679. The minimum atomic E-state index is -0.773. The average molecular weight is 710 g/mol. The molecule has 278 valence electrons. The van der Waals surface area contributed by atoms with Gasteiger partial charge in [-0.2, -0.15) is 0 Å². The Balaban J connectivity index is 1.70. The van der Waals surface area contributed by atoms with Crippen LogP contribution in [-0.2, 0) is 30.8 Å². The summed E-state index contributed by atoms with van der Waals surface area (Å²) < 4.78 is 16.8. The summed E-state index contributed by atoms with van der Waals surface area (Å²) >= 11 is 0. The minimum Gasteiger partial charge on any atom is -0.449 e. The molecule has 9 nitrogen and oxygen atoms in total. The maximum atomic E-state index is 13.1. The zero-order chi connectivity index (χ0) is 38.9. The number of alkyl carbamates (subject to hydrolysis) is 3. The Hall–Kier alpha value is -5.31. The Morgan fingerprint density at radius 1 is 0.519 bits per heavy atom. The van der Waals surface area contributed by atoms with Crippen LogP contribution in [0.5, 0.6) is 0 Å². The number of allylic oxidation sites excluding steroid dienone is 3. The predicted molar refractivity (Wildman–Crippen MR) is 209 cm³/mol. The van der Waals surface area contributed by atoms with Crippen molar-refractivity contribution in [2.75, 3.05) is 19.8 Å². The molecule has 0 atom stereocenters. The molecule has 0 unspecified atom stereocenters. The van der Waals surface area contributed by atoms with Crippen molar-refractivity contribution < 1.29 is 28.6 Å². The molecule has 3 aromatic carbocycles. The Morgan fingerprint density at radius 2 is 0.769 bits per heavy atom. The molecule has 0 aromatic heterocycles. The van der Waals surface area contributed by atoms with Gasteiger partial charge in [-0.25, -0.2) is 14.4 Å². The van der Waals surface area contributed by atoms with E-state index in [1.165, 1.54) is 0 Å².